The monoisotopic (exact) mass is 230 g/mol. The molecule has 0 saturated heterocycles. The Balaban J connectivity index is 2.56. The molecule has 3 rings (SSSR count). The first-order valence-electron chi connectivity index (χ1n) is 5.23. The minimum absolute atomic E-state index is 0.148. The minimum atomic E-state index is -0.392. The molecule has 1 aromatic heterocycles. The number of rotatable bonds is 0. The lowest BCUT2D eigenvalue weighted by Crippen LogP contribution is -2.27. The van der Waals surface area contributed by atoms with Crippen LogP contribution in [0.3, 0.4) is 0 Å². The second kappa shape index (κ2) is 3.43. The van der Waals surface area contributed by atoms with Gasteiger partial charge in [-0.2, -0.15) is 0 Å². The van der Waals surface area contributed by atoms with Crippen molar-refractivity contribution in [1.82, 2.24) is 5.06 Å². The molecule has 1 aliphatic heterocycles. The SMILES string of the molecule is CC1=c2oc3ccccc3c2=NC(=O)CN1O. The van der Waals surface area contributed by atoms with E-state index in [2.05, 4.69) is 4.99 Å². The van der Waals surface area contributed by atoms with Crippen LogP contribution >= 0.6 is 0 Å². The number of hydrogen-bond acceptors (Lipinski definition) is 4. The van der Waals surface area contributed by atoms with E-state index in [-0.39, 0.29) is 6.54 Å². The summed E-state index contributed by atoms with van der Waals surface area (Å²) in [6.07, 6.45) is 0. The minimum Gasteiger partial charge on any atom is -0.452 e. The van der Waals surface area contributed by atoms with Crippen LogP contribution in [-0.4, -0.2) is 22.7 Å². The Labute approximate surface area is 96.2 Å². The first-order valence-corrected chi connectivity index (χ1v) is 5.23. The van der Waals surface area contributed by atoms with Gasteiger partial charge in [-0.25, -0.2) is 10.1 Å². The van der Waals surface area contributed by atoms with E-state index in [9.17, 15) is 10.0 Å². The van der Waals surface area contributed by atoms with Gasteiger partial charge in [-0.15, -0.1) is 0 Å². The number of para-hydroxylation sites is 1. The Morgan fingerprint density at radius 1 is 1.41 bits per heavy atom. The number of carbonyl (C=O) groups excluding carboxylic acids is 1. The first kappa shape index (κ1) is 10.0. The Morgan fingerprint density at radius 3 is 3.00 bits per heavy atom. The van der Waals surface area contributed by atoms with Crippen molar-refractivity contribution in [2.75, 3.05) is 6.54 Å². The highest BCUT2D eigenvalue weighted by Crippen LogP contribution is 2.09. The van der Waals surface area contributed by atoms with Gasteiger partial charge in [-0.3, -0.25) is 10.0 Å². The van der Waals surface area contributed by atoms with Crippen molar-refractivity contribution in [3.8, 4) is 0 Å². The van der Waals surface area contributed by atoms with Crippen LogP contribution in [0.1, 0.15) is 6.92 Å². The van der Waals surface area contributed by atoms with Gasteiger partial charge in [0.1, 0.15) is 17.5 Å². The molecule has 0 saturated carbocycles. The van der Waals surface area contributed by atoms with Crippen molar-refractivity contribution < 1.29 is 14.4 Å². The highest BCUT2D eigenvalue weighted by molar-refractivity contribution is 5.84. The van der Waals surface area contributed by atoms with E-state index in [1.165, 1.54) is 0 Å². The molecule has 0 unspecified atom stereocenters. The number of furan rings is 1. The fourth-order valence-corrected chi connectivity index (χ4v) is 1.91. The largest absolute Gasteiger partial charge is 0.452 e. The third-order valence-corrected chi connectivity index (χ3v) is 2.81. The summed E-state index contributed by atoms with van der Waals surface area (Å²) in [5, 5.41) is 11.8. The van der Waals surface area contributed by atoms with Crippen molar-refractivity contribution in [1.29, 1.82) is 0 Å². The lowest BCUT2D eigenvalue weighted by molar-refractivity contribution is -0.125. The third kappa shape index (κ3) is 1.43. The molecule has 0 radical (unpaired) electrons. The molecule has 0 fully saturated rings. The van der Waals surface area contributed by atoms with Gasteiger partial charge in [0, 0.05) is 5.39 Å². The summed E-state index contributed by atoms with van der Waals surface area (Å²) in [5.74, 6) is -0.392. The smallest absolute Gasteiger partial charge is 0.268 e. The van der Waals surface area contributed by atoms with E-state index in [4.69, 9.17) is 4.42 Å². The molecule has 0 spiro atoms. The Bertz CT molecular complexity index is 730. The maximum absolute atomic E-state index is 11.5. The van der Waals surface area contributed by atoms with Crippen LogP contribution in [0.2, 0.25) is 0 Å². The van der Waals surface area contributed by atoms with Crippen LogP contribution in [-0.2, 0) is 4.79 Å². The fraction of sp³-hybridized carbons (Fsp3) is 0.167. The maximum Gasteiger partial charge on any atom is 0.268 e. The average Bonchev–Trinajstić information content (AvgIpc) is 2.62. The van der Waals surface area contributed by atoms with Crippen LogP contribution in [0.4, 0.5) is 0 Å². The second-order valence-electron chi connectivity index (χ2n) is 3.92. The normalized spacial score (nSPS) is 15.8. The van der Waals surface area contributed by atoms with Crippen LogP contribution < -0.4 is 10.8 Å². The number of benzene rings is 1. The average molecular weight is 230 g/mol. The lowest BCUT2D eigenvalue weighted by atomic mass is 10.2. The molecule has 1 N–H and O–H groups in total. The van der Waals surface area contributed by atoms with Gasteiger partial charge in [-0.05, 0) is 19.1 Å². The predicted molar refractivity (Wildman–Crippen MR) is 59.6 cm³/mol. The zero-order valence-electron chi connectivity index (χ0n) is 9.17. The van der Waals surface area contributed by atoms with Crippen molar-refractivity contribution in [3.05, 3.63) is 35.0 Å². The molecule has 0 atom stereocenters. The third-order valence-electron chi connectivity index (χ3n) is 2.81. The van der Waals surface area contributed by atoms with E-state index in [0.29, 0.717) is 22.1 Å². The van der Waals surface area contributed by atoms with Gasteiger partial charge in [0.05, 0.1) is 5.70 Å². The summed E-state index contributed by atoms with van der Waals surface area (Å²) in [6, 6.07) is 7.35. The molecule has 2 heterocycles. The second-order valence-corrected chi connectivity index (χ2v) is 3.92. The van der Waals surface area contributed by atoms with Crippen LogP contribution in [0.5, 0.6) is 0 Å². The van der Waals surface area contributed by atoms with Crippen molar-refractivity contribution in [3.63, 3.8) is 0 Å². The molecule has 1 aromatic carbocycles. The highest BCUT2D eigenvalue weighted by Gasteiger charge is 2.17. The van der Waals surface area contributed by atoms with Crippen molar-refractivity contribution in [2.24, 2.45) is 4.99 Å². The number of hydroxylamine groups is 2. The molecule has 2 aromatic rings. The summed E-state index contributed by atoms with van der Waals surface area (Å²) < 4.78 is 5.62. The molecular formula is C12H10N2O3. The quantitative estimate of drug-likeness (QED) is 0.712. The van der Waals surface area contributed by atoms with Gasteiger partial charge >= 0.3 is 0 Å². The summed E-state index contributed by atoms with van der Waals surface area (Å²) in [4.78, 5) is 15.5. The molecule has 1 amide bonds. The zero-order chi connectivity index (χ0) is 12.0. The van der Waals surface area contributed by atoms with E-state index in [1.807, 2.05) is 18.2 Å². The van der Waals surface area contributed by atoms with E-state index in [0.717, 1.165) is 10.4 Å². The van der Waals surface area contributed by atoms with Gasteiger partial charge in [0.25, 0.3) is 5.91 Å². The number of fused-ring (bicyclic) bond motifs is 3. The van der Waals surface area contributed by atoms with Crippen molar-refractivity contribution >= 4 is 22.6 Å². The summed E-state index contributed by atoms with van der Waals surface area (Å²) in [7, 11) is 0. The Hall–Kier alpha value is -2.14. The highest BCUT2D eigenvalue weighted by atomic mass is 16.5. The van der Waals surface area contributed by atoms with Gasteiger partial charge in [0.15, 0.2) is 5.42 Å². The summed E-state index contributed by atoms with van der Waals surface area (Å²) >= 11 is 0. The number of amides is 1. The molecule has 17 heavy (non-hydrogen) atoms. The maximum atomic E-state index is 11.5. The zero-order valence-corrected chi connectivity index (χ0v) is 9.17. The topological polar surface area (TPSA) is 66.0 Å². The number of hydrogen-bond donors (Lipinski definition) is 1. The standard InChI is InChI=1S/C12H10N2O3/c1-7-12-11(13-10(15)6-14(7)16)8-4-2-3-5-9(8)17-12/h2-5,16H,6H2,1H3. The van der Waals surface area contributed by atoms with Crippen LogP contribution in [0, 0.1) is 0 Å². The predicted octanol–water partition coefficient (Wildman–Crippen LogP) is 0.412. The molecule has 0 aliphatic carbocycles. The molecule has 5 heteroatoms. The molecule has 0 bridgehead atoms. The summed E-state index contributed by atoms with van der Waals surface area (Å²) in [6.45, 7) is 1.54. The first-order chi connectivity index (χ1) is 8.16. The lowest BCUT2D eigenvalue weighted by Gasteiger charge is -2.11. The molecule has 5 nitrogen and oxygen atoms in total. The Kier molecular flexibility index (Phi) is 2.02. The van der Waals surface area contributed by atoms with Crippen LogP contribution in [0.25, 0.3) is 16.7 Å². The Morgan fingerprint density at radius 2 is 2.18 bits per heavy atom. The van der Waals surface area contributed by atoms with Gasteiger partial charge in [0.2, 0.25) is 0 Å². The van der Waals surface area contributed by atoms with Gasteiger partial charge in [-0.1, -0.05) is 12.1 Å². The summed E-state index contributed by atoms with van der Waals surface area (Å²) in [5.41, 5.74) is 1.59. The van der Waals surface area contributed by atoms with E-state index >= 15 is 0 Å². The van der Waals surface area contributed by atoms with Gasteiger partial charge < -0.3 is 4.42 Å². The number of carbonyl (C=O) groups is 1. The van der Waals surface area contributed by atoms with Crippen LogP contribution in [0.15, 0.2) is 33.7 Å². The molecular weight excluding hydrogens is 220 g/mol. The van der Waals surface area contributed by atoms with Crippen molar-refractivity contribution in [2.45, 2.75) is 6.92 Å². The van der Waals surface area contributed by atoms with E-state index < -0.39 is 5.91 Å². The molecule has 1 aliphatic rings. The van der Waals surface area contributed by atoms with E-state index in [1.54, 1.807) is 13.0 Å². The fourth-order valence-electron chi connectivity index (χ4n) is 1.91. The number of nitrogens with zero attached hydrogens (tertiary/aromatic N) is 2. The molecule has 86 valence electrons.